The van der Waals surface area contributed by atoms with Crippen LogP contribution >= 0.6 is 23.2 Å². The summed E-state index contributed by atoms with van der Waals surface area (Å²) in [5, 5.41) is 19.7. The molecule has 0 saturated heterocycles. The van der Waals surface area contributed by atoms with Crippen molar-refractivity contribution in [1.82, 2.24) is 9.97 Å². The average Bonchev–Trinajstić information content (AvgIpc) is 2.95. The first-order valence-electron chi connectivity index (χ1n) is 12.1. The Morgan fingerprint density at radius 3 is 2.00 bits per heavy atom. The molecule has 0 fully saturated rings. The Balaban J connectivity index is 1.73. The number of phenolic OH excluding ortho intramolecular Hbond substituents is 1. The number of phenols is 1. The second kappa shape index (κ2) is 11.8. The Bertz CT molecular complexity index is 2490. The number of nitrogens with one attached hydrogen (secondary N) is 1. The normalized spacial score (nSPS) is 12.6. The molecule has 0 bridgehead atoms. The van der Waals surface area contributed by atoms with E-state index in [0.29, 0.717) is 6.07 Å². The number of azo groups is 1. The first-order chi connectivity index (χ1) is 21.3. The van der Waals surface area contributed by atoms with E-state index in [4.69, 9.17) is 23.2 Å². The van der Waals surface area contributed by atoms with Gasteiger partial charge in [-0.25, -0.2) is 9.97 Å². The molecule has 238 valence electrons. The maximum absolute atomic E-state index is 13.3. The molecule has 0 aliphatic heterocycles. The summed E-state index contributed by atoms with van der Waals surface area (Å²) >= 11 is 11.8. The molecule has 0 aliphatic rings. The van der Waals surface area contributed by atoms with E-state index in [1.165, 1.54) is 30.3 Å². The molecule has 0 saturated carbocycles. The van der Waals surface area contributed by atoms with Crippen LogP contribution in [0.5, 0.6) is 5.75 Å². The maximum atomic E-state index is 13.3. The first kappa shape index (κ1) is 33.0. The highest BCUT2D eigenvalue weighted by Crippen LogP contribution is 2.45. The van der Waals surface area contributed by atoms with E-state index in [-0.39, 0.29) is 26.9 Å². The van der Waals surface area contributed by atoms with E-state index in [2.05, 4.69) is 25.5 Å². The third kappa shape index (κ3) is 6.62. The van der Waals surface area contributed by atoms with Gasteiger partial charge in [0.2, 0.25) is 0 Å². The van der Waals surface area contributed by atoms with Crippen molar-refractivity contribution < 1.29 is 48.8 Å². The molecule has 1 amide bonds. The second-order valence-electron chi connectivity index (χ2n) is 9.20. The molecule has 5 N–H and O–H groups in total. The van der Waals surface area contributed by atoms with Crippen LogP contribution in [0.3, 0.4) is 0 Å². The number of rotatable bonds is 7. The number of aromatic hydroxyl groups is 1. The van der Waals surface area contributed by atoms with Crippen LogP contribution in [0.15, 0.2) is 85.6 Å². The van der Waals surface area contributed by atoms with Gasteiger partial charge in [-0.15, -0.1) is 10.2 Å². The summed E-state index contributed by atoms with van der Waals surface area (Å²) in [5.74, 6) is -2.01. The Labute approximate surface area is 268 Å². The zero-order valence-electron chi connectivity index (χ0n) is 22.2. The molecule has 0 aliphatic carbocycles. The average molecular weight is 729 g/mol. The molecule has 46 heavy (non-hydrogen) atoms. The fourth-order valence-corrected chi connectivity index (χ4v) is 6.30. The van der Waals surface area contributed by atoms with Gasteiger partial charge in [0.25, 0.3) is 36.3 Å². The molecule has 1 aromatic heterocycles. The molecule has 16 nitrogen and oxygen atoms in total. The number of carbonyl (C=O) groups excluding carboxylic acids is 1. The zero-order chi connectivity index (χ0) is 33.8. The number of nitrogens with zero attached hydrogens (tertiary/aromatic N) is 4. The molecule has 5 aromatic rings. The standard InChI is InChI=1S/C25H15Cl2N5O11S3/c26-23-24(27)29-16-8-11(5-6-14(16)28-23)25(34)30-17-10-13(44(35,36)37)7-12-9-19(46(41,42)43)21(22(33)20(12)17)32-31-15-3-1-2-4-18(15)45(38,39)40/h1-10,33H,(H,30,34)(H,35,36,37)(H,38,39,40)(H,41,42,43). The number of hydrogen-bond acceptors (Lipinski definition) is 12. The van der Waals surface area contributed by atoms with Gasteiger partial charge in [0, 0.05) is 10.9 Å². The monoisotopic (exact) mass is 727 g/mol. The zero-order valence-corrected chi connectivity index (χ0v) is 26.2. The fourth-order valence-electron chi connectivity index (χ4n) is 4.21. The Morgan fingerprint density at radius 2 is 1.37 bits per heavy atom. The summed E-state index contributed by atoms with van der Waals surface area (Å²) in [7, 11) is -15.1. The van der Waals surface area contributed by atoms with Gasteiger partial charge in [-0.2, -0.15) is 25.3 Å². The molecular weight excluding hydrogens is 713 g/mol. The third-order valence-electron chi connectivity index (χ3n) is 6.19. The highest BCUT2D eigenvalue weighted by atomic mass is 35.5. The van der Waals surface area contributed by atoms with E-state index in [0.717, 1.165) is 24.3 Å². The van der Waals surface area contributed by atoms with Crippen molar-refractivity contribution in [3.63, 3.8) is 0 Å². The molecule has 21 heteroatoms. The van der Waals surface area contributed by atoms with Crippen LogP contribution in [0.4, 0.5) is 17.1 Å². The van der Waals surface area contributed by atoms with Crippen molar-refractivity contribution in [2.24, 2.45) is 10.2 Å². The lowest BCUT2D eigenvalue weighted by molar-refractivity contribution is 0.102. The number of benzene rings is 4. The summed E-state index contributed by atoms with van der Waals surface area (Å²) in [6.07, 6.45) is 0. The topological polar surface area (TPSA) is 263 Å². The Hall–Kier alpha value is -4.34. The van der Waals surface area contributed by atoms with Gasteiger partial charge in [-0.1, -0.05) is 35.3 Å². The Morgan fingerprint density at radius 1 is 0.739 bits per heavy atom. The minimum absolute atomic E-state index is 0.0821. The van der Waals surface area contributed by atoms with Crippen molar-refractivity contribution in [1.29, 1.82) is 0 Å². The van der Waals surface area contributed by atoms with Gasteiger partial charge in [-0.3, -0.25) is 18.5 Å². The second-order valence-corrected chi connectivity index (χ2v) is 14.1. The fraction of sp³-hybridized carbons (Fsp3) is 0. The van der Waals surface area contributed by atoms with Gasteiger partial charge in [0.1, 0.15) is 21.2 Å². The van der Waals surface area contributed by atoms with Crippen LogP contribution in [-0.2, 0) is 30.4 Å². The van der Waals surface area contributed by atoms with Crippen molar-refractivity contribution in [3.8, 4) is 5.75 Å². The summed E-state index contributed by atoms with van der Waals surface area (Å²) in [4.78, 5) is 18.7. The first-order valence-corrected chi connectivity index (χ1v) is 17.1. The quantitative estimate of drug-likeness (QED) is 0.107. The summed E-state index contributed by atoms with van der Waals surface area (Å²) in [5.41, 5.74) is -1.63. The molecule has 0 spiro atoms. The van der Waals surface area contributed by atoms with Crippen molar-refractivity contribution in [3.05, 3.63) is 76.5 Å². The van der Waals surface area contributed by atoms with Crippen molar-refractivity contribution >= 4 is 98.3 Å². The van der Waals surface area contributed by atoms with Gasteiger partial charge in [0.15, 0.2) is 16.1 Å². The number of anilines is 1. The third-order valence-corrected chi connectivity index (χ3v) is 9.42. The maximum Gasteiger partial charge on any atom is 0.296 e. The van der Waals surface area contributed by atoms with Crippen LogP contribution in [0.1, 0.15) is 10.4 Å². The summed E-state index contributed by atoms with van der Waals surface area (Å²) in [6, 6.07) is 10.7. The molecule has 4 aromatic carbocycles. The van der Waals surface area contributed by atoms with Gasteiger partial charge >= 0.3 is 0 Å². The van der Waals surface area contributed by atoms with Crippen LogP contribution < -0.4 is 5.32 Å². The predicted octanol–water partition coefficient (Wildman–Crippen LogP) is 5.20. The minimum atomic E-state index is -5.26. The smallest absolute Gasteiger partial charge is 0.296 e. The molecule has 5 rings (SSSR count). The lowest BCUT2D eigenvalue weighted by atomic mass is 10.1. The minimum Gasteiger partial charge on any atom is -0.505 e. The van der Waals surface area contributed by atoms with E-state index < -0.39 is 84.5 Å². The van der Waals surface area contributed by atoms with Crippen LogP contribution in [-0.4, -0.2) is 59.9 Å². The van der Waals surface area contributed by atoms with Gasteiger partial charge in [-0.05, 0) is 53.9 Å². The van der Waals surface area contributed by atoms with Crippen molar-refractivity contribution in [2.75, 3.05) is 5.32 Å². The number of amides is 1. The number of hydrogen-bond donors (Lipinski definition) is 5. The van der Waals surface area contributed by atoms with Crippen LogP contribution in [0.25, 0.3) is 21.8 Å². The number of aromatic nitrogens is 2. The highest BCUT2D eigenvalue weighted by Gasteiger charge is 2.26. The SMILES string of the molecule is O=C(Nc1cc(S(=O)(=O)O)cc2cc(S(=O)(=O)O)c(N=Nc3ccccc3S(=O)(=O)O)c(O)c12)c1ccc2nc(Cl)c(Cl)nc2c1. The van der Waals surface area contributed by atoms with Gasteiger partial charge in [0.05, 0.1) is 21.6 Å². The van der Waals surface area contributed by atoms with E-state index in [1.54, 1.807) is 0 Å². The van der Waals surface area contributed by atoms with Crippen LogP contribution in [0, 0.1) is 0 Å². The molecule has 1 heterocycles. The lowest BCUT2D eigenvalue weighted by Crippen LogP contribution is -2.13. The lowest BCUT2D eigenvalue weighted by Gasteiger charge is -2.15. The van der Waals surface area contributed by atoms with Crippen LogP contribution in [0.2, 0.25) is 10.3 Å². The van der Waals surface area contributed by atoms with E-state index >= 15 is 0 Å². The number of carbonyl (C=O) groups is 1. The highest BCUT2D eigenvalue weighted by molar-refractivity contribution is 7.86. The molecular formula is C25H15Cl2N5O11S3. The Kier molecular flexibility index (Phi) is 8.47. The number of fused-ring (bicyclic) bond motifs is 2. The van der Waals surface area contributed by atoms with Gasteiger partial charge < -0.3 is 10.4 Å². The number of halogens is 2. The van der Waals surface area contributed by atoms with E-state index in [1.807, 2.05) is 0 Å². The molecule has 0 atom stereocenters. The van der Waals surface area contributed by atoms with E-state index in [9.17, 15) is 48.8 Å². The largest absolute Gasteiger partial charge is 0.505 e. The summed E-state index contributed by atoms with van der Waals surface area (Å²) in [6.45, 7) is 0. The summed E-state index contributed by atoms with van der Waals surface area (Å²) < 4.78 is 101. The predicted molar refractivity (Wildman–Crippen MR) is 163 cm³/mol. The van der Waals surface area contributed by atoms with Crippen molar-refractivity contribution in [2.45, 2.75) is 14.7 Å². The molecule has 0 radical (unpaired) electrons. The molecule has 0 unspecified atom stereocenters.